The van der Waals surface area contributed by atoms with Gasteiger partial charge in [-0.3, -0.25) is 4.79 Å². The van der Waals surface area contributed by atoms with Crippen LogP contribution in [0.4, 0.5) is 0 Å². The molecule has 0 aromatic heterocycles. The van der Waals surface area contributed by atoms with Gasteiger partial charge in [0.05, 0.1) is 4.83 Å². The van der Waals surface area contributed by atoms with Gasteiger partial charge in [0, 0.05) is 0 Å². The van der Waals surface area contributed by atoms with Crippen LogP contribution in [-0.4, -0.2) is 16.6 Å². The maximum atomic E-state index is 11.1. The van der Waals surface area contributed by atoms with Crippen LogP contribution in [0.1, 0.15) is 16.0 Å². The number of alkyl halides is 1. The molecule has 0 bridgehead atoms. The van der Waals surface area contributed by atoms with Crippen LogP contribution >= 0.6 is 15.9 Å². The Kier molecular flexibility index (Phi) is 3.68. The second-order valence-electron chi connectivity index (χ2n) is 3.52. The predicted molar refractivity (Wildman–Crippen MR) is 62.6 cm³/mol. The summed E-state index contributed by atoms with van der Waals surface area (Å²) in [6.07, 6.45) is 0. The number of nitrogens with two attached hydrogens (primary N) is 1. The number of hydrogen-bond acceptors (Lipinski definition) is 3. The van der Waals surface area contributed by atoms with Crippen LogP contribution in [0.15, 0.2) is 24.3 Å². The summed E-state index contributed by atoms with van der Waals surface area (Å²) in [5.74, 6) is -1.07. The number of nitriles is 1. The van der Waals surface area contributed by atoms with Crippen molar-refractivity contribution in [1.29, 1.82) is 5.26 Å². The van der Waals surface area contributed by atoms with Crippen molar-refractivity contribution in [1.82, 2.24) is 0 Å². The van der Waals surface area contributed by atoms with Gasteiger partial charge in [0.2, 0.25) is 5.60 Å². The number of benzene rings is 1. The molecule has 0 saturated heterocycles. The molecule has 1 aromatic rings. The molecule has 0 aliphatic carbocycles. The van der Waals surface area contributed by atoms with Gasteiger partial charge in [-0.25, -0.2) is 0 Å². The second kappa shape index (κ2) is 4.64. The first-order chi connectivity index (χ1) is 7.41. The zero-order valence-corrected chi connectivity index (χ0v) is 10.2. The van der Waals surface area contributed by atoms with Crippen molar-refractivity contribution in [2.24, 2.45) is 5.73 Å². The summed E-state index contributed by atoms with van der Waals surface area (Å²) < 4.78 is 0. The van der Waals surface area contributed by atoms with Crippen molar-refractivity contribution < 1.29 is 9.90 Å². The smallest absolute Gasteiger partial charge is 0.265 e. The Morgan fingerprint density at radius 2 is 2.06 bits per heavy atom. The highest BCUT2D eigenvalue weighted by Gasteiger charge is 2.42. The van der Waals surface area contributed by atoms with E-state index < -0.39 is 16.3 Å². The lowest BCUT2D eigenvalue weighted by molar-refractivity contribution is -0.131. The Morgan fingerprint density at radius 3 is 2.44 bits per heavy atom. The van der Waals surface area contributed by atoms with Gasteiger partial charge in [-0.2, -0.15) is 5.26 Å². The number of hydrogen-bond donors (Lipinski definition) is 2. The fraction of sp³-hybridized carbons (Fsp3) is 0.273. The third kappa shape index (κ3) is 2.23. The molecule has 0 heterocycles. The molecule has 3 N–H and O–H groups in total. The summed E-state index contributed by atoms with van der Waals surface area (Å²) in [6, 6.07) is 8.61. The number of primary amides is 1. The maximum Gasteiger partial charge on any atom is 0.265 e. The number of aryl methyl sites for hydroxylation is 1. The second-order valence-corrected chi connectivity index (χ2v) is 4.43. The summed E-state index contributed by atoms with van der Waals surface area (Å²) in [5.41, 5.74) is 4.43. The standard InChI is InChI=1S/C11H11BrN2O2/c1-7-2-4-8(5-3-7)9(12)11(16,6-13)10(14)15/h2-5,9,16H,1H3,(H2,14,15)/t9-,11-/m1/s1. The molecule has 5 heteroatoms. The molecule has 1 rings (SSSR count). The Bertz CT molecular complexity index is 438. The van der Waals surface area contributed by atoms with Gasteiger partial charge >= 0.3 is 0 Å². The van der Waals surface area contributed by atoms with Gasteiger partial charge in [0.1, 0.15) is 6.07 Å². The Labute approximate surface area is 102 Å². The van der Waals surface area contributed by atoms with E-state index in [9.17, 15) is 9.90 Å². The van der Waals surface area contributed by atoms with Crippen LogP contribution in [0.3, 0.4) is 0 Å². The number of aliphatic hydroxyl groups is 1. The number of nitrogens with zero attached hydrogens (tertiary/aromatic N) is 1. The quantitative estimate of drug-likeness (QED) is 0.644. The zero-order valence-electron chi connectivity index (χ0n) is 8.64. The van der Waals surface area contributed by atoms with Crippen LogP contribution in [0.25, 0.3) is 0 Å². The van der Waals surface area contributed by atoms with E-state index in [1.807, 2.05) is 19.1 Å². The Hall–Kier alpha value is -1.38. The van der Waals surface area contributed by atoms with Crippen LogP contribution in [0, 0.1) is 18.3 Å². The van der Waals surface area contributed by atoms with E-state index in [1.54, 1.807) is 12.1 Å². The predicted octanol–water partition coefficient (Wildman–Crippen LogP) is 1.17. The summed E-state index contributed by atoms with van der Waals surface area (Å²) in [5, 5.41) is 18.6. The molecule has 1 amide bonds. The normalized spacial score (nSPS) is 15.9. The molecule has 1 aromatic carbocycles. The summed E-state index contributed by atoms with van der Waals surface area (Å²) >= 11 is 3.12. The summed E-state index contributed by atoms with van der Waals surface area (Å²) in [4.78, 5) is 10.2. The lowest BCUT2D eigenvalue weighted by Gasteiger charge is -2.22. The van der Waals surface area contributed by atoms with Crippen molar-refractivity contribution in [2.45, 2.75) is 17.4 Å². The van der Waals surface area contributed by atoms with Crippen molar-refractivity contribution in [3.05, 3.63) is 35.4 Å². The summed E-state index contributed by atoms with van der Waals surface area (Å²) in [6.45, 7) is 1.91. The summed E-state index contributed by atoms with van der Waals surface area (Å²) in [7, 11) is 0. The molecule has 0 aliphatic heterocycles. The highest BCUT2D eigenvalue weighted by atomic mass is 79.9. The van der Waals surface area contributed by atoms with E-state index in [0.29, 0.717) is 5.56 Å². The van der Waals surface area contributed by atoms with Crippen LogP contribution in [0.5, 0.6) is 0 Å². The Balaban J connectivity index is 3.11. The number of rotatable bonds is 3. The van der Waals surface area contributed by atoms with Crippen molar-refractivity contribution >= 4 is 21.8 Å². The fourth-order valence-electron chi connectivity index (χ4n) is 1.21. The molecule has 4 nitrogen and oxygen atoms in total. The van der Waals surface area contributed by atoms with E-state index in [-0.39, 0.29) is 0 Å². The lowest BCUT2D eigenvalue weighted by Crippen LogP contribution is -2.45. The fourth-order valence-corrected chi connectivity index (χ4v) is 1.85. The molecule has 0 unspecified atom stereocenters. The molecule has 0 saturated carbocycles. The zero-order chi connectivity index (χ0) is 12.3. The van der Waals surface area contributed by atoms with Crippen LogP contribution in [0.2, 0.25) is 0 Å². The minimum absolute atomic E-state index is 0.619. The first kappa shape index (κ1) is 12.7. The molecule has 16 heavy (non-hydrogen) atoms. The molecule has 0 spiro atoms. The van der Waals surface area contributed by atoms with Crippen LogP contribution < -0.4 is 5.73 Å². The topological polar surface area (TPSA) is 87.1 Å². The first-order valence-electron chi connectivity index (χ1n) is 4.56. The van der Waals surface area contributed by atoms with Gasteiger partial charge in [-0.15, -0.1) is 0 Å². The van der Waals surface area contributed by atoms with Gasteiger partial charge < -0.3 is 10.8 Å². The average Bonchev–Trinajstić information content (AvgIpc) is 2.27. The highest BCUT2D eigenvalue weighted by molar-refractivity contribution is 9.09. The van der Waals surface area contributed by atoms with Gasteiger partial charge in [-0.05, 0) is 12.5 Å². The highest BCUT2D eigenvalue weighted by Crippen LogP contribution is 2.33. The molecular weight excluding hydrogens is 272 g/mol. The number of halogens is 1. The third-order valence-corrected chi connectivity index (χ3v) is 3.47. The van der Waals surface area contributed by atoms with Gasteiger partial charge in [-0.1, -0.05) is 45.8 Å². The first-order valence-corrected chi connectivity index (χ1v) is 5.47. The van der Waals surface area contributed by atoms with E-state index >= 15 is 0 Å². The van der Waals surface area contributed by atoms with Gasteiger partial charge in [0.25, 0.3) is 5.91 Å². The van der Waals surface area contributed by atoms with Gasteiger partial charge in [0.15, 0.2) is 0 Å². The molecule has 2 atom stereocenters. The van der Waals surface area contributed by atoms with E-state index in [4.69, 9.17) is 11.0 Å². The third-order valence-electron chi connectivity index (χ3n) is 2.28. The van der Waals surface area contributed by atoms with E-state index in [0.717, 1.165) is 5.56 Å². The largest absolute Gasteiger partial charge is 0.367 e. The number of carbonyl (C=O) groups is 1. The molecular formula is C11H11BrN2O2. The molecule has 84 valence electrons. The van der Waals surface area contributed by atoms with Crippen molar-refractivity contribution in [3.63, 3.8) is 0 Å². The Morgan fingerprint density at radius 1 is 1.56 bits per heavy atom. The molecule has 0 aliphatic rings. The SMILES string of the molecule is Cc1ccc([C@@H](Br)[C@](O)(C#N)C(N)=O)cc1. The lowest BCUT2D eigenvalue weighted by atomic mass is 9.94. The minimum atomic E-state index is -2.24. The van der Waals surface area contributed by atoms with Crippen molar-refractivity contribution in [3.8, 4) is 6.07 Å². The molecule has 0 radical (unpaired) electrons. The molecule has 0 fully saturated rings. The number of amides is 1. The maximum absolute atomic E-state index is 11.1. The average molecular weight is 283 g/mol. The number of carbonyl (C=O) groups excluding carboxylic acids is 1. The monoisotopic (exact) mass is 282 g/mol. The van der Waals surface area contributed by atoms with Crippen LogP contribution in [-0.2, 0) is 4.79 Å². The minimum Gasteiger partial charge on any atom is -0.367 e. The van der Waals surface area contributed by atoms with Crippen molar-refractivity contribution in [2.75, 3.05) is 0 Å². The van der Waals surface area contributed by atoms with E-state index in [2.05, 4.69) is 15.9 Å². The van der Waals surface area contributed by atoms with E-state index in [1.165, 1.54) is 6.07 Å².